The van der Waals surface area contributed by atoms with E-state index in [2.05, 4.69) is 33.0 Å². The second kappa shape index (κ2) is 8.08. The average Bonchev–Trinajstić information content (AvgIpc) is 2.21. The van der Waals surface area contributed by atoms with Gasteiger partial charge in [-0.25, -0.2) is 0 Å². The predicted molar refractivity (Wildman–Crippen MR) is 63.9 cm³/mol. The Morgan fingerprint density at radius 1 is 0.933 bits per heavy atom. The van der Waals surface area contributed by atoms with E-state index in [4.69, 9.17) is 9.47 Å². The van der Waals surface area contributed by atoms with Gasteiger partial charge in [-0.2, -0.15) is 0 Å². The standard InChI is InChI=1S/C12H27NO2/c1-7-11(8-2)9(3)13-10(4)12(14-5)15-6/h9-13H,7-8H2,1-6H3. The quantitative estimate of drug-likeness (QED) is 0.633. The third kappa shape index (κ3) is 4.96. The monoisotopic (exact) mass is 217 g/mol. The van der Waals surface area contributed by atoms with Crippen molar-refractivity contribution in [2.75, 3.05) is 14.2 Å². The zero-order valence-corrected chi connectivity index (χ0v) is 11.0. The molecular weight excluding hydrogens is 190 g/mol. The van der Waals surface area contributed by atoms with Crippen molar-refractivity contribution in [2.45, 2.75) is 58.9 Å². The Kier molecular flexibility index (Phi) is 8.02. The van der Waals surface area contributed by atoms with E-state index in [0.717, 1.165) is 5.92 Å². The zero-order chi connectivity index (χ0) is 11.8. The summed E-state index contributed by atoms with van der Waals surface area (Å²) >= 11 is 0. The van der Waals surface area contributed by atoms with Gasteiger partial charge in [-0.3, -0.25) is 0 Å². The molecule has 2 atom stereocenters. The molecule has 3 nitrogen and oxygen atoms in total. The van der Waals surface area contributed by atoms with Gasteiger partial charge in [0.25, 0.3) is 0 Å². The summed E-state index contributed by atoms with van der Waals surface area (Å²) in [6.45, 7) is 8.80. The lowest BCUT2D eigenvalue weighted by Crippen LogP contribution is -2.46. The van der Waals surface area contributed by atoms with Crippen LogP contribution in [0.4, 0.5) is 0 Å². The Balaban J connectivity index is 4.08. The van der Waals surface area contributed by atoms with Gasteiger partial charge in [0.1, 0.15) is 0 Å². The minimum atomic E-state index is -0.165. The number of hydrogen-bond acceptors (Lipinski definition) is 3. The lowest BCUT2D eigenvalue weighted by Gasteiger charge is -2.29. The normalized spacial score (nSPS) is 16.0. The van der Waals surface area contributed by atoms with Crippen LogP contribution < -0.4 is 5.32 Å². The third-order valence-corrected chi connectivity index (χ3v) is 3.15. The van der Waals surface area contributed by atoms with Crippen molar-refractivity contribution >= 4 is 0 Å². The van der Waals surface area contributed by atoms with Crippen LogP contribution in [0.15, 0.2) is 0 Å². The highest BCUT2D eigenvalue weighted by Crippen LogP contribution is 2.14. The highest BCUT2D eigenvalue weighted by atomic mass is 16.7. The van der Waals surface area contributed by atoms with Crippen molar-refractivity contribution in [3.05, 3.63) is 0 Å². The first kappa shape index (κ1) is 14.9. The van der Waals surface area contributed by atoms with Crippen LogP contribution in [0.5, 0.6) is 0 Å². The highest BCUT2D eigenvalue weighted by molar-refractivity contribution is 4.75. The molecule has 0 aromatic rings. The molecule has 0 rings (SSSR count). The molecule has 92 valence electrons. The largest absolute Gasteiger partial charge is 0.354 e. The summed E-state index contributed by atoms with van der Waals surface area (Å²) in [4.78, 5) is 0. The number of nitrogens with one attached hydrogen (secondary N) is 1. The molecule has 2 unspecified atom stereocenters. The molecule has 15 heavy (non-hydrogen) atoms. The molecule has 0 aliphatic heterocycles. The highest BCUT2D eigenvalue weighted by Gasteiger charge is 2.20. The number of hydrogen-bond donors (Lipinski definition) is 1. The Morgan fingerprint density at radius 3 is 1.73 bits per heavy atom. The van der Waals surface area contributed by atoms with E-state index in [1.807, 2.05) is 0 Å². The van der Waals surface area contributed by atoms with Crippen LogP contribution >= 0.6 is 0 Å². The first-order valence-electron chi connectivity index (χ1n) is 5.92. The van der Waals surface area contributed by atoms with Gasteiger partial charge >= 0.3 is 0 Å². The smallest absolute Gasteiger partial charge is 0.171 e. The van der Waals surface area contributed by atoms with Crippen LogP contribution in [0.3, 0.4) is 0 Å². The summed E-state index contributed by atoms with van der Waals surface area (Å²) in [5.41, 5.74) is 0. The van der Waals surface area contributed by atoms with Crippen LogP contribution in [0.25, 0.3) is 0 Å². The van der Waals surface area contributed by atoms with Crippen LogP contribution in [0, 0.1) is 5.92 Å². The molecule has 0 saturated heterocycles. The molecule has 0 radical (unpaired) electrons. The van der Waals surface area contributed by atoms with E-state index in [9.17, 15) is 0 Å². The van der Waals surface area contributed by atoms with E-state index in [-0.39, 0.29) is 12.3 Å². The number of methoxy groups -OCH3 is 2. The van der Waals surface area contributed by atoms with Crippen LogP contribution in [0.1, 0.15) is 40.5 Å². The first-order chi connectivity index (χ1) is 7.10. The van der Waals surface area contributed by atoms with E-state index < -0.39 is 0 Å². The van der Waals surface area contributed by atoms with Gasteiger partial charge in [-0.05, 0) is 19.8 Å². The van der Waals surface area contributed by atoms with Gasteiger partial charge < -0.3 is 14.8 Å². The SMILES string of the molecule is CCC(CC)C(C)NC(C)C(OC)OC. The minimum Gasteiger partial charge on any atom is -0.354 e. The summed E-state index contributed by atoms with van der Waals surface area (Å²) in [7, 11) is 3.35. The maximum Gasteiger partial charge on any atom is 0.171 e. The van der Waals surface area contributed by atoms with Crippen molar-refractivity contribution in [1.29, 1.82) is 0 Å². The Bertz CT molecular complexity index is 129. The molecular formula is C12H27NO2. The molecule has 0 aromatic carbocycles. The maximum absolute atomic E-state index is 5.22. The molecule has 1 N–H and O–H groups in total. The molecule has 0 spiro atoms. The van der Waals surface area contributed by atoms with Gasteiger partial charge in [0, 0.05) is 20.3 Å². The molecule has 0 heterocycles. The topological polar surface area (TPSA) is 30.5 Å². The summed E-state index contributed by atoms with van der Waals surface area (Å²) in [5.74, 6) is 0.724. The second-order valence-corrected chi connectivity index (χ2v) is 4.16. The molecule has 0 saturated carbocycles. The Labute approximate surface area is 94.5 Å². The van der Waals surface area contributed by atoms with Gasteiger partial charge in [0.05, 0.1) is 6.04 Å². The van der Waals surface area contributed by atoms with Crippen LogP contribution in [-0.2, 0) is 9.47 Å². The lowest BCUT2D eigenvalue weighted by molar-refractivity contribution is -0.121. The van der Waals surface area contributed by atoms with E-state index in [0.29, 0.717) is 6.04 Å². The summed E-state index contributed by atoms with van der Waals surface area (Å²) in [6.07, 6.45) is 2.26. The van der Waals surface area contributed by atoms with E-state index in [1.165, 1.54) is 12.8 Å². The van der Waals surface area contributed by atoms with Gasteiger partial charge in [-0.15, -0.1) is 0 Å². The van der Waals surface area contributed by atoms with Crippen molar-refractivity contribution in [3.63, 3.8) is 0 Å². The molecule has 0 aromatic heterocycles. The Hall–Kier alpha value is -0.120. The van der Waals surface area contributed by atoms with Crippen LogP contribution in [0.2, 0.25) is 0 Å². The zero-order valence-electron chi connectivity index (χ0n) is 11.0. The fourth-order valence-electron chi connectivity index (χ4n) is 2.13. The maximum atomic E-state index is 5.22. The van der Waals surface area contributed by atoms with Crippen molar-refractivity contribution < 1.29 is 9.47 Å². The Morgan fingerprint density at radius 2 is 1.40 bits per heavy atom. The van der Waals surface area contributed by atoms with Crippen molar-refractivity contribution in [3.8, 4) is 0 Å². The molecule has 3 heteroatoms. The molecule has 0 amide bonds. The molecule has 0 bridgehead atoms. The number of ether oxygens (including phenoxy) is 2. The third-order valence-electron chi connectivity index (χ3n) is 3.15. The molecule has 0 fully saturated rings. The average molecular weight is 217 g/mol. The van der Waals surface area contributed by atoms with E-state index >= 15 is 0 Å². The first-order valence-corrected chi connectivity index (χ1v) is 5.92. The summed E-state index contributed by atoms with van der Waals surface area (Å²) in [5, 5.41) is 3.53. The van der Waals surface area contributed by atoms with Crippen molar-refractivity contribution in [2.24, 2.45) is 5.92 Å². The predicted octanol–water partition coefficient (Wildman–Crippen LogP) is 2.41. The summed E-state index contributed by atoms with van der Waals surface area (Å²) < 4.78 is 10.4. The van der Waals surface area contributed by atoms with Gasteiger partial charge in [0.2, 0.25) is 0 Å². The fourth-order valence-corrected chi connectivity index (χ4v) is 2.13. The van der Waals surface area contributed by atoms with E-state index in [1.54, 1.807) is 14.2 Å². The lowest BCUT2D eigenvalue weighted by atomic mass is 9.95. The molecule has 0 aliphatic rings. The fraction of sp³-hybridized carbons (Fsp3) is 1.00. The van der Waals surface area contributed by atoms with Crippen LogP contribution in [-0.4, -0.2) is 32.6 Å². The number of rotatable bonds is 8. The van der Waals surface area contributed by atoms with Gasteiger partial charge in [0.15, 0.2) is 6.29 Å². The minimum absolute atomic E-state index is 0.165. The summed E-state index contributed by atoms with van der Waals surface area (Å²) in [6, 6.07) is 0.721. The van der Waals surface area contributed by atoms with Crippen molar-refractivity contribution in [1.82, 2.24) is 5.32 Å². The molecule has 0 aliphatic carbocycles. The second-order valence-electron chi connectivity index (χ2n) is 4.16. The van der Waals surface area contributed by atoms with Gasteiger partial charge in [-0.1, -0.05) is 26.7 Å².